The van der Waals surface area contributed by atoms with Crippen LogP contribution in [0.5, 0.6) is 5.75 Å². The van der Waals surface area contributed by atoms with Crippen LogP contribution < -0.4 is 9.64 Å². The summed E-state index contributed by atoms with van der Waals surface area (Å²) in [6.45, 7) is 5.45. The number of hydrogen-bond acceptors (Lipinski definition) is 4. The SMILES string of the molecule is C=CC(=O)OC(C)COc1ccc(N(c2ccccc2)c2ccccc2)cc1. The average molecular weight is 373 g/mol. The minimum atomic E-state index is -0.451. The van der Waals surface area contributed by atoms with E-state index in [2.05, 4.69) is 35.7 Å². The fourth-order valence-electron chi connectivity index (χ4n) is 2.79. The van der Waals surface area contributed by atoms with Gasteiger partial charge in [0.25, 0.3) is 0 Å². The fraction of sp³-hybridized carbons (Fsp3) is 0.125. The molecule has 0 aliphatic rings. The summed E-state index contributed by atoms with van der Waals surface area (Å²) in [7, 11) is 0. The quantitative estimate of drug-likeness (QED) is 0.378. The van der Waals surface area contributed by atoms with E-state index in [4.69, 9.17) is 9.47 Å². The summed E-state index contributed by atoms with van der Waals surface area (Å²) < 4.78 is 10.8. The highest BCUT2D eigenvalue weighted by molar-refractivity contribution is 5.81. The molecule has 1 atom stereocenters. The van der Waals surface area contributed by atoms with E-state index < -0.39 is 5.97 Å². The van der Waals surface area contributed by atoms with Gasteiger partial charge < -0.3 is 14.4 Å². The molecule has 3 aromatic rings. The predicted molar refractivity (Wildman–Crippen MR) is 112 cm³/mol. The number of rotatable bonds is 8. The third-order valence-corrected chi connectivity index (χ3v) is 4.09. The zero-order valence-corrected chi connectivity index (χ0v) is 15.8. The maximum atomic E-state index is 11.2. The molecule has 0 saturated heterocycles. The number of hydrogen-bond donors (Lipinski definition) is 0. The predicted octanol–water partition coefficient (Wildman–Crippen LogP) is 5.65. The number of carbonyl (C=O) groups excluding carboxylic acids is 1. The first kappa shape index (κ1) is 19.2. The summed E-state index contributed by atoms with van der Waals surface area (Å²) in [6.07, 6.45) is 0.794. The minimum Gasteiger partial charge on any atom is -0.490 e. The molecule has 4 heteroatoms. The summed E-state index contributed by atoms with van der Waals surface area (Å²) in [5.74, 6) is 0.263. The van der Waals surface area contributed by atoms with Crippen LogP contribution in [0, 0.1) is 0 Å². The number of benzene rings is 3. The molecule has 0 heterocycles. The van der Waals surface area contributed by atoms with E-state index in [-0.39, 0.29) is 12.7 Å². The molecule has 0 aliphatic carbocycles. The Hall–Kier alpha value is -3.53. The largest absolute Gasteiger partial charge is 0.490 e. The van der Waals surface area contributed by atoms with Gasteiger partial charge in [0.2, 0.25) is 0 Å². The Kier molecular flexibility index (Phi) is 6.47. The molecule has 0 saturated carbocycles. The van der Waals surface area contributed by atoms with Gasteiger partial charge in [0, 0.05) is 23.1 Å². The number of anilines is 3. The van der Waals surface area contributed by atoms with Gasteiger partial charge in [0.15, 0.2) is 0 Å². The molecule has 4 nitrogen and oxygen atoms in total. The molecular weight excluding hydrogens is 350 g/mol. The minimum absolute atomic E-state index is 0.278. The second kappa shape index (κ2) is 9.42. The highest BCUT2D eigenvalue weighted by Gasteiger charge is 2.12. The molecule has 0 bridgehead atoms. The van der Waals surface area contributed by atoms with Crippen molar-refractivity contribution in [3.8, 4) is 5.75 Å². The molecule has 0 spiro atoms. The molecule has 28 heavy (non-hydrogen) atoms. The Bertz CT molecular complexity index is 853. The number of esters is 1. The Balaban J connectivity index is 1.76. The molecular formula is C24H23NO3. The van der Waals surface area contributed by atoms with Gasteiger partial charge in [-0.1, -0.05) is 43.0 Å². The van der Waals surface area contributed by atoms with Crippen LogP contribution in [0.2, 0.25) is 0 Å². The summed E-state index contributed by atoms with van der Waals surface area (Å²) in [4.78, 5) is 13.4. The molecule has 142 valence electrons. The van der Waals surface area contributed by atoms with Crippen molar-refractivity contribution < 1.29 is 14.3 Å². The molecule has 0 amide bonds. The average Bonchev–Trinajstić information content (AvgIpc) is 2.75. The summed E-state index contributed by atoms with van der Waals surface area (Å²) in [6, 6.07) is 28.2. The van der Waals surface area contributed by atoms with Crippen molar-refractivity contribution in [2.45, 2.75) is 13.0 Å². The zero-order valence-electron chi connectivity index (χ0n) is 15.8. The van der Waals surface area contributed by atoms with Gasteiger partial charge >= 0.3 is 5.97 Å². The number of nitrogens with zero attached hydrogens (tertiary/aromatic N) is 1. The van der Waals surface area contributed by atoms with Crippen LogP contribution in [-0.2, 0) is 9.53 Å². The number of para-hydroxylation sites is 2. The lowest BCUT2D eigenvalue weighted by Crippen LogP contribution is -2.20. The van der Waals surface area contributed by atoms with E-state index in [1.165, 1.54) is 0 Å². The maximum absolute atomic E-state index is 11.2. The fourth-order valence-corrected chi connectivity index (χ4v) is 2.79. The van der Waals surface area contributed by atoms with Crippen molar-refractivity contribution in [1.29, 1.82) is 0 Å². The van der Waals surface area contributed by atoms with Crippen molar-refractivity contribution in [3.05, 3.63) is 97.6 Å². The Morgan fingerprint density at radius 3 is 1.89 bits per heavy atom. The van der Waals surface area contributed by atoms with Crippen molar-refractivity contribution in [2.75, 3.05) is 11.5 Å². The normalized spacial score (nSPS) is 11.3. The summed E-state index contributed by atoms with van der Waals surface area (Å²) in [5, 5.41) is 0. The molecule has 0 N–H and O–H groups in total. The second-order valence-corrected chi connectivity index (χ2v) is 6.26. The van der Waals surface area contributed by atoms with Gasteiger partial charge in [-0.15, -0.1) is 0 Å². The van der Waals surface area contributed by atoms with E-state index in [1.54, 1.807) is 6.92 Å². The lowest BCUT2D eigenvalue weighted by molar-refractivity contribution is -0.143. The zero-order chi connectivity index (χ0) is 19.8. The van der Waals surface area contributed by atoms with E-state index >= 15 is 0 Å². The number of carbonyl (C=O) groups is 1. The highest BCUT2D eigenvalue weighted by atomic mass is 16.6. The molecule has 0 radical (unpaired) electrons. The molecule has 0 fully saturated rings. The molecule has 0 aliphatic heterocycles. The van der Waals surface area contributed by atoms with Crippen molar-refractivity contribution >= 4 is 23.0 Å². The van der Waals surface area contributed by atoms with E-state index in [9.17, 15) is 4.79 Å². The third kappa shape index (κ3) is 5.01. The topological polar surface area (TPSA) is 38.8 Å². The third-order valence-electron chi connectivity index (χ3n) is 4.09. The highest BCUT2D eigenvalue weighted by Crippen LogP contribution is 2.34. The van der Waals surface area contributed by atoms with E-state index in [0.717, 1.165) is 23.1 Å². The van der Waals surface area contributed by atoms with Gasteiger partial charge in [0.1, 0.15) is 18.5 Å². The van der Waals surface area contributed by atoms with Crippen LogP contribution in [0.15, 0.2) is 97.6 Å². The number of ether oxygens (including phenoxy) is 2. The lowest BCUT2D eigenvalue weighted by Gasteiger charge is -2.25. The van der Waals surface area contributed by atoms with E-state index in [0.29, 0.717) is 5.75 Å². The monoisotopic (exact) mass is 373 g/mol. The molecule has 1 unspecified atom stereocenters. The van der Waals surface area contributed by atoms with Crippen molar-refractivity contribution in [2.24, 2.45) is 0 Å². The molecule has 3 aromatic carbocycles. The van der Waals surface area contributed by atoms with Crippen LogP contribution in [-0.4, -0.2) is 18.7 Å². The Labute approximate surface area is 165 Å². The van der Waals surface area contributed by atoms with Gasteiger partial charge in [-0.2, -0.15) is 0 Å². The van der Waals surface area contributed by atoms with Crippen LogP contribution in [0.25, 0.3) is 0 Å². The van der Waals surface area contributed by atoms with Gasteiger partial charge in [-0.25, -0.2) is 4.79 Å². The molecule has 3 rings (SSSR count). The summed E-state index contributed by atoms with van der Waals surface area (Å²) >= 11 is 0. The van der Waals surface area contributed by atoms with Crippen LogP contribution in [0.1, 0.15) is 6.92 Å². The van der Waals surface area contributed by atoms with Crippen molar-refractivity contribution in [1.82, 2.24) is 0 Å². The standard InChI is InChI=1S/C24H23NO3/c1-3-24(26)28-19(2)18-27-23-16-14-22(15-17-23)25(20-10-6-4-7-11-20)21-12-8-5-9-13-21/h3-17,19H,1,18H2,2H3. The summed E-state index contributed by atoms with van der Waals surface area (Å²) in [5.41, 5.74) is 3.18. The first-order valence-electron chi connectivity index (χ1n) is 9.13. The van der Waals surface area contributed by atoms with Crippen LogP contribution >= 0.6 is 0 Å². The first-order chi connectivity index (χ1) is 13.7. The van der Waals surface area contributed by atoms with Crippen LogP contribution in [0.4, 0.5) is 17.1 Å². The maximum Gasteiger partial charge on any atom is 0.330 e. The van der Waals surface area contributed by atoms with E-state index in [1.807, 2.05) is 60.7 Å². The Morgan fingerprint density at radius 1 is 0.893 bits per heavy atom. The first-order valence-corrected chi connectivity index (χ1v) is 9.13. The van der Waals surface area contributed by atoms with Gasteiger partial charge in [-0.05, 0) is 55.5 Å². The van der Waals surface area contributed by atoms with Crippen LogP contribution in [0.3, 0.4) is 0 Å². The van der Waals surface area contributed by atoms with Crippen molar-refractivity contribution in [3.63, 3.8) is 0 Å². The van der Waals surface area contributed by atoms with Gasteiger partial charge in [0.05, 0.1) is 0 Å². The smallest absolute Gasteiger partial charge is 0.330 e. The van der Waals surface area contributed by atoms with Gasteiger partial charge in [-0.3, -0.25) is 0 Å². The Morgan fingerprint density at radius 2 is 1.39 bits per heavy atom. The lowest BCUT2D eigenvalue weighted by atomic mass is 10.2. The second-order valence-electron chi connectivity index (χ2n) is 6.26. The molecule has 0 aromatic heterocycles.